The Morgan fingerprint density at radius 1 is 1.10 bits per heavy atom. The van der Waals surface area contributed by atoms with Gasteiger partial charge in [0.1, 0.15) is 10.6 Å². The van der Waals surface area contributed by atoms with Crippen molar-refractivity contribution in [2.45, 2.75) is 29.0 Å². The SMILES string of the molecule is CCOC(=O)c1cc2c(s1)Sc1[nH]c(C(=O)OCC)c(N)c1C2c1ccccc1. The highest BCUT2D eigenvalue weighted by molar-refractivity contribution is 8.01. The van der Waals surface area contributed by atoms with Gasteiger partial charge in [0, 0.05) is 11.5 Å². The van der Waals surface area contributed by atoms with Gasteiger partial charge in [0.25, 0.3) is 0 Å². The summed E-state index contributed by atoms with van der Waals surface area (Å²) in [4.78, 5) is 28.3. The molecule has 1 atom stereocenters. The fourth-order valence-corrected chi connectivity index (χ4v) is 5.93. The summed E-state index contributed by atoms with van der Waals surface area (Å²) >= 11 is 2.87. The summed E-state index contributed by atoms with van der Waals surface area (Å²) in [5, 5.41) is 0.796. The molecule has 2 aromatic heterocycles. The van der Waals surface area contributed by atoms with Crippen molar-refractivity contribution in [1.29, 1.82) is 0 Å². The molecular formula is C21H20N2O4S2. The van der Waals surface area contributed by atoms with Crippen LogP contribution in [0.15, 0.2) is 45.6 Å². The minimum Gasteiger partial charge on any atom is -0.462 e. The third kappa shape index (κ3) is 3.42. The zero-order chi connectivity index (χ0) is 20.5. The van der Waals surface area contributed by atoms with Gasteiger partial charge in [0.2, 0.25) is 0 Å². The smallest absolute Gasteiger partial charge is 0.356 e. The molecule has 0 fully saturated rings. The number of carbonyl (C=O) groups excluding carboxylic acids is 2. The maximum atomic E-state index is 12.4. The minimum absolute atomic E-state index is 0.193. The van der Waals surface area contributed by atoms with Gasteiger partial charge in [0.05, 0.1) is 28.1 Å². The first-order valence-electron chi connectivity index (χ1n) is 9.27. The van der Waals surface area contributed by atoms with E-state index >= 15 is 0 Å². The Morgan fingerprint density at radius 3 is 2.48 bits per heavy atom. The number of H-pyrrole nitrogens is 1. The van der Waals surface area contributed by atoms with Gasteiger partial charge in [-0.3, -0.25) is 0 Å². The van der Waals surface area contributed by atoms with E-state index in [2.05, 4.69) is 4.98 Å². The summed E-state index contributed by atoms with van der Waals surface area (Å²) in [6, 6.07) is 11.8. The van der Waals surface area contributed by atoms with Crippen LogP contribution in [-0.2, 0) is 9.47 Å². The van der Waals surface area contributed by atoms with E-state index in [0.717, 1.165) is 25.9 Å². The van der Waals surface area contributed by atoms with Gasteiger partial charge in [-0.2, -0.15) is 0 Å². The van der Waals surface area contributed by atoms with E-state index in [1.165, 1.54) is 23.1 Å². The van der Waals surface area contributed by atoms with Crippen LogP contribution in [0, 0.1) is 0 Å². The predicted molar refractivity (Wildman–Crippen MR) is 113 cm³/mol. The first-order chi connectivity index (χ1) is 14.0. The number of nitrogen functional groups attached to an aromatic ring is 1. The first-order valence-corrected chi connectivity index (χ1v) is 10.9. The summed E-state index contributed by atoms with van der Waals surface area (Å²) in [5.41, 5.74) is 9.93. The molecule has 0 bridgehead atoms. The van der Waals surface area contributed by atoms with E-state index < -0.39 is 5.97 Å². The Morgan fingerprint density at radius 2 is 1.79 bits per heavy atom. The molecule has 0 aliphatic carbocycles. The van der Waals surface area contributed by atoms with Crippen LogP contribution in [0.1, 0.15) is 56.6 Å². The number of aromatic nitrogens is 1. The van der Waals surface area contributed by atoms with Crippen molar-refractivity contribution >= 4 is 40.7 Å². The number of nitrogens with one attached hydrogen (secondary N) is 1. The lowest BCUT2D eigenvalue weighted by Gasteiger charge is -2.23. The molecule has 0 radical (unpaired) electrons. The molecular weight excluding hydrogens is 408 g/mol. The normalized spacial score (nSPS) is 14.8. The standard InChI is InChI=1S/C21H20N2O4S2/c1-3-26-19(24)13-10-12-14(11-8-6-5-7-9-11)15-16(22)17(20(25)27-4-2)23-18(15)29-21(12)28-13/h5-10,14,23H,3-4,22H2,1-2H3. The van der Waals surface area contributed by atoms with Crippen molar-refractivity contribution < 1.29 is 19.1 Å². The fourth-order valence-electron chi connectivity index (χ4n) is 3.45. The minimum atomic E-state index is -0.470. The van der Waals surface area contributed by atoms with Crippen molar-refractivity contribution in [3.63, 3.8) is 0 Å². The van der Waals surface area contributed by atoms with E-state index in [1.54, 1.807) is 13.8 Å². The lowest BCUT2D eigenvalue weighted by atomic mass is 9.86. The van der Waals surface area contributed by atoms with Crippen molar-refractivity contribution in [2.24, 2.45) is 0 Å². The number of nitrogens with two attached hydrogens (primary N) is 1. The number of hydrogen-bond donors (Lipinski definition) is 2. The summed E-state index contributed by atoms with van der Waals surface area (Å²) in [6.45, 7) is 4.14. The first kappa shape index (κ1) is 19.6. The number of esters is 2. The van der Waals surface area contributed by atoms with Crippen LogP contribution in [0.5, 0.6) is 0 Å². The van der Waals surface area contributed by atoms with Crippen LogP contribution in [0.3, 0.4) is 0 Å². The van der Waals surface area contributed by atoms with Crippen molar-refractivity contribution in [2.75, 3.05) is 18.9 Å². The van der Waals surface area contributed by atoms with E-state index in [4.69, 9.17) is 15.2 Å². The van der Waals surface area contributed by atoms with E-state index in [1.807, 2.05) is 36.4 Å². The third-order valence-electron chi connectivity index (χ3n) is 4.65. The Bertz CT molecular complexity index is 1070. The molecule has 0 saturated heterocycles. The number of anilines is 1. The third-order valence-corrected chi connectivity index (χ3v) is 7.02. The molecule has 3 N–H and O–H groups in total. The Balaban J connectivity index is 1.86. The Labute approximate surface area is 176 Å². The topological polar surface area (TPSA) is 94.4 Å². The lowest BCUT2D eigenvalue weighted by molar-refractivity contribution is 0.0515. The number of aromatic amines is 1. The second-order valence-corrected chi connectivity index (χ2v) is 8.73. The van der Waals surface area contributed by atoms with Crippen LogP contribution in [-0.4, -0.2) is 30.1 Å². The molecule has 0 saturated carbocycles. The zero-order valence-corrected chi connectivity index (χ0v) is 17.6. The molecule has 6 nitrogen and oxygen atoms in total. The molecule has 1 aliphatic rings. The second kappa shape index (κ2) is 7.96. The monoisotopic (exact) mass is 428 g/mol. The number of ether oxygens (including phenoxy) is 2. The number of benzene rings is 1. The van der Waals surface area contributed by atoms with Crippen molar-refractivity contribution in [1.82, 2.24) is 4.98 Å². The van der Waals surface area contributed by atoms with Crippen LogP contribution in [0.4, 0.5) is 5.69 Å². The molecule has 0 spiro atoms. The van der Waals surface area contributed by atoms with E-state index in [-0.39, 0.29) is 24.2 Å². The molecule has 1 aromatic carbocycles. The molecule has 3 aromatic rings. The highest BCUT2D eigenvalue weighted by atomic mass is 32.2. The van der Waals surface area contributed by atoms with Crippen molar-refractivity contribution in [3.8, 4) is 0 Å². The zero-order valence-electron chi connectivity index (χ0n) is 16.0. The number of hydrogen-bond acceptors (Lipinski definition) is 7. The number of carbonyl (C=O) groups is 2. The lowest BCUT2D eigenvalue weighted by Crippen LogP contribution is -2.11. The Kier molecular flexibility index (Phi) is 5.38. The number of fused-ring (bicyclic) bond motifs is 2. The molecule has 1 unspecified atom stereocenters. The van der Waals surface area contributed by atoms with Gasteiger partial charge in [-0.15, -0.1) is 11.3 Å². The molecule has 0 amide bonds. The fraction of sp³-hybridized carbons (Fsp3) is 0.238. The Hall–Kier alpha value is -2.71. The van der Waals surface area contributed by atoms with Gasteiger partial charge in [-0.25, -0.2) is 9.59 Å². The molecule has 4 rings (SSSR count). The van der Waals surface area contributed by atoms with Crippen LogP contribution < -0.4 is 5.73 Å². The van der Waals surface area contributed by atoms with E-state index in [0.29, 0.717) is 17.2 Å². The second-order valence-electron chi connectivity index (χ2n) is 6.40. The summed E-state index contributed by atoms with van der Waals surface area (Å²) in [5.74, 6) is -0.994. The van der Waals surface area contributed by atoms with Crippen LogP contribution in [0.25, 0.3) is 0 Å². The quantitative estimate of drug-likeness (QED) is 0.449. The predicted octanol–water partition coefficient (Wildman–Crippen LogP) is 4.66. The highest BCUT2D eigenvalue weighted by Gasteiger charge is 2.36. The maximum Gasteiger partial charge on any atom is 0.356 e. The van der Waals surface area contributed by atoms with Gasteiger partial charge < -0.3 is 20.2 Å². The van der Waals surface area contributed by atoms with Crippen LogP contribution >= 0.6 is 23.1 Å². The van der Waals surface area contributed by atoms with E-state index in [9.17, 15) is 9.59 Å². The van der Waals surface area contributed by atoms with Gasteiger partial charge in [0.15, 0.2) is 0 Å². The summed E-state index contributed by atoms with van der Waals surface area (Å²) in [7, 11) is 0. The molecule has 150 valence electrons. The maximum absolute atomic E-state index is 12.4. The van der Waals surface area contributed by atoms with Gasteiger partial charge >= 0.3 is 11.9 Å². The summed E-state index contributed by atoms with van der Waals surface area (Å²) in [6.07, 6.45) is 0. The molecule has 29 heavy (non-hydrogen) atoms. The summed E-state index contributed by atoms with van der Waals surface area (Å²) < 4.78 is 11.3. The number of thiophene rings is 1. The van der Waals surface area contributed by atoms with Crippen LogP contribution in [0.2, 0.25) is 0 Å². The molecule has 8 heteroatoms. The van der Waals surface area contributed by atoms with Crippen molar-refractivity contribution in [3.05, 3.63) is 63.7 Å². The highest BCUT2D eigenvalue weighted by Crippen LogP contribution is 2.54. The largest absolute Gasteiger partial charge is 0.462 e. The average Bonchev–Trinajstić information content (AvgIpc) is 3.29. The van der Waals surface area contributed by atoms with Gasteiger partial charge in [-0.05, 0) is 31.0 Å². The molecule has 1 aliphatic heterocycles. The molecule has 3 heterocycles. The number of rotatable bonds is 5. The van der Waals surface area contributed by atoms with Gasteiger partial charge in [-0.1, -0.05) is 42.1 Å². The average molecular weight is 429 g/mol.